The summed E-state index contributed by atoms with van der Waals surface area (Å²) in [5, 5.41) is 0. The van der Waals surface area contributed by atoms with Gasteiger partial charge < -0.3 is 23.7 Å². The van der Waals surface area contributed by atoms with E-state index >= 15 is 0 Å². The minimum atomic E-state index is -2.99. The zero-order valence-electron chi connectivity index (χ0n) is 16.5. The van der Waals surface area contributed by atoms with Gasteiger partial charge >= 0.3 is 12.6 Å². The third kappa shape index (κ3) is 6.20. The number of Topliss-reactive ketones (excluding diaryl/α,β-unsaturated/α-hetero) is 1. The van der Waals surface area contributed by atoms with E-state index in [2.05, 4.69) is 4.74 Å². The molecule has 0 aliphatic carbocycles. The number of alkyl halides is 2. The van der Waals surface area contributed by atoms with E-state index in [1.54, 1.807) is 12.1 Å². The average Bonchev–Trinajstić information content (AvgIpc) is 2.75. The Morgan fingerprint density at radius 2 is 1.67 bits per heavy atom. The highest BCUT2D eigenvalue weighted by molar-refractivity contribution is 6.01. The first kappa shape index (κ1) is 22.7. The summed E-state index contributed by atoms with van der Waals surface area (Å²) in [7, 11) is 4.19. The molecule has 0 amide bonds. The molecule has 0 saturated heterocycles. The van der Waals surface area contributed by atoms with Gasteiger partial charge in [-0.1, -0.05) is 6.07 Å². The summed E-state index contributed by atoms with van der Waals surface area (Å²) >= 11 is 0. The number of carbonyl (C=O) groups excluding carboxylic acids is 2. The second-order valence-electron chi connectivity index (χ2n) is 5.72. The molecule has 0 spiro atoms. The Kier molecular flexibility index (Phi) is 8.16. The number of ether oxygens (including phenoxy) is 5. The van der Waals surface area contributed by atoms with E-state index in [9.17, 15) is 18.4 Å². The zero-order valence-corrected chi connectivity index (χ0v) is 16.5. The lowest BCUT2D eigenvalue weighted by atomic mass is 10.1. The highest BCUT2D eigenvalue weighted by Crippen LogP contribution is 2.30. The second-order valence-corrected chi connectivity index (χ2v) is 5.72. The van der Waals surface area contributed by atoms with Gasteiger partial charge in [-0.05, 0) is 35.9 Å². The van der Waals surface area contributed by atoms with Crippen molar-refractivity contribution in [3.63, 3.8) is 0 Å². The molecule has 30 heavy (non-hydrogen) atoms. The predicted octanol–water partition coefficient (Wildman–Crippen LogP) is 3.75. The van der Waals surface area contributed by atoms with Crippen LogP contribution >= 0.6 is 0 Å². The molecule has 0 atom stereocenters. The second kappa shape index (κ2) is 10.8. The normalized spacial score (nSPS) is 10.7. The van der Waals surface area contributed by atoms with Gasteiger partial charge in [0.1, 0.15) is 11.5 Å². The molecular formula is C21H20F2O7. The maximum absolute atomic E-state index is 12.4. The molecule has 160 valence electrons. The fourth-order valence-electron chi connectivity index (χ4n) is 2.44. The van der Waals surface area contributed by atoms with Crippen LogP contribution in [-0.4, -0.2) is 46.3 Å². The number of benzene rings is 2. The SMILES string of the molecule is COc1ccc(C(=O)COC(=O)C=Cc2ccc(OC(F)F)c(OC)c2)c(OC)c1. The molecule has 0 radical (unpaired) electrons. The van der Waals surface area contributed by atoms with E-state index in [-0.39, 0.29) is 17.1 Å². The minimum absolute atomic E-state index is 0.0765. The largest absolute Gasteiger partial charge is 0.497 e. The van der Waals surface area contributed by atoms with Gasteiger partial charge in [0.2, 0.25) is 5.78 Å². The van der Waals surface area contributed by atoms with Crippen molar-refractivity contribution in [3.05, 3.63) is 53.6 Å². The summed E-state index contributed by atoms with van der Waals surface area (Å²) in [4.78, 5) is 24.2. The van der Waals surface area contributed by atoms with Crippen molar-refractivity contribution in [1.29, 1.82) is 0 Å². The number of carbonyl (C=O) groups is 2. The summed E-state index contributed by atoms with van der Waals surface area (Å²) in [6, 6.07) is 8.80. The minimum Gasteiger partial charge on any atom is -0.497 e. The molecule has 0 bridgehead atoms. The van der Waals surface area contributed by atoms with E-state index in [1.165, 1.54) is 51.7 Å². The number of hydrogen-bond acceptors (Lipinski definition) is 7. The third-order valence-corrected chi connectivity index (χ3v) is 3.87. The first-order valence-corrected chi connectivity index (χ1v) is 8.60. The summed E-state index contributed by atoms with van der Waals surface area (Å²) < 4.78 is 49.2. The third-order valence-electron chi connectivity index (χ3n) is 3.87. The van der Waals surface area contributed by atoms with E-state index in [4.69, 9.17) is 18.9 Å². The average molecular weight is 422 g/mol. The van der Waals surface area contributed by atoms with Gasteiger partial charge in [0, 0.05) is 12.1 Å². The number of esters is 1. The van der Waals surface area contributed by atoms with Crippen molar-refractivity contribution in [2.24, 2.45) is 0 Å². The van der Waals surface area contributed by atoms with Gasteiger partial charge in [-0.3, -0.25) is 4.79 Å². The van der Waals surface area contributed by atoms with Crippen LogP contribution in [0, 0.1) is 0 Å². The van der Waals surface area contributed by atoms with Crippen LogP contribution in [0.15, 0.2) is 42.5 Å². The monoisotopic (exact) mass is 422 g/mol. The van der Waals surface area contributed by atoms with Gasteiger partial charge in [0.25, 0.3) is 0 Å². The van der Waals surface area contributed by atoms with Gasteiger partial charge in [-0.25, -0.2) is 4.79 Å². The molecule has 0 unspecified atom stereocenters. The predicted molar refractivity (Wildman–Crippen MR) is 103 cm³/mol. The number of methoxy groups -OCH3 is 3. The van der Waals surface area contributed by atoms with Crippen molar-refractivity contribution in [2.45, 2.75) is 6.61 Å². The Balaban J connectivity index is 1.99. The fourth-order valence-corrected chi connectivity index (χ4v) is 2.44. The standard InChI is InChI=1S/C21H20F2O7/c1-26-14-6-7-15(18(11-14)27-2)16(24)12-29-20(25)9-5-13-4-8-17(30-21(22)23)19(10-13)28-3/h4-11,21H,12H2,1-3H3. The molecule has 2 aromatic rings. The lowest BCUT2D eigenvalue weighted by molar-refractivity contribution is -0.136. The van der Waals surface area contributed by atoms with Gasteiger partial charge in [-0.15, -0.1) is 0 Å². The quantitative estimate of drug-likeness (QED) is 0.328. The lowest BCUT2D eigenvalue weighted by Gasteiger charge is -2.10. The van der Waals surface area contributed by atoms with Crippen LogP contribution in [0.3, 0.4) is 0 Å². The number of hydrogen-bond donors (Lipinski definition) is 0. The Morgan fingerprint density at radius 3 is 2.30 bits per heavy atom. The smallest absolute Gasteiger partial charge is 0.387 e. The van der Waals surface area contributed by atoms with Crippen molar-refractivity contribution >= 4 is 17.8 Å². The molecule has 0 aliphatic rings. The van der Waals surface area contributed by atoms with E-state index in [0.29, 0.717) is 17.1 Å². The van der Waals surface area contributed by atoms with Crippen LogP contribution in [0.1, 0.15) is 15.9 Å². The molecule has 7 nitrogen and oxygen atoms in total. The van der Waals surface area contributed by atoms with Crippen LogP contribution in [0.5, 0.6) is 23.0 Å². The number of rotatable bonds is 10. The van der Waals surface area contributed by atoms with Crippen molar-refractivity contribution in [2.75, 3.05) is 27.9 Å². The lowest BCUT2D eigenvalue weighted by Crippen LogP contribution is -2.13. The van der Waals surface area contributed by atoms with E-state index < -0.39 is 25.0 Å². The maximum atomic E-state index is 12.4. The Labute approximate surface area is 171 Å². The maximum Gasteiger partial charge on any atom is 0.387 e. The highest BCUT2D eigenvalue weighted by Gasteiger charge is 2.15. The molecule has 0 aliphatic heterocycles. The van der Waals surface area contributed by atoms with Gasteiger partial charge in [0.05, 0.1) is 26.9 Å². The zero-order chi connectivity index (χ0) is 22.1. The molecular weight excluding hydrogens is 402 g/mol. The Hall–Kier alpha value is -3.62. The van der Waals surface area contributed by atoms with Crippen LogP contribution in [0.4, 0.5) is 8.78 Å². The first-order chi connectivity index (χ1) is 14.4. The number of ketones is 1. The molecule has 0 N–H and O–H groups in total. The van der Waals surface area contributed by atoms with Crippen LogP contribution in [-0.2, 0) is 9.53 Å². The van der Waals surface area contributed by atoms with Gasteiger partial charge in [-0.2, -0.15) is 8.78 Å². The molecule has 0 saturated carbocycles. The first-order valence-electron chi connectivity index (χ1n) is 8.60. The molecule has 9 heteroatoms. The molecule has 0 fully saturated rings. The molecule has 0 aromatic heterocycles. The van der Waals surface area contributed by atoms with E-state index in [1.807, 2.05) is 0 Å². The van der Waals surface area contributed by atoms with Gasteiger partial charge in [0.15, 0.2) is 18.1 Å². The molecule has 0 heterocycles. The topological polar surface area (TPSA) is 80.3 Å². The molecule has 2 aromatic carbocycles. The summed E-state index contributed by atoms with van der Waals surface area (Å²) in [5.74, 6) is -0.458. The van der Waals surface area contributed by atoms with Crippen LogP contribution in [0.25, 0.3) is 6.08 Å². The summed E-state index contributed by atoms with van der Waals surface area (Å²) in [6.45, 7) is -3.48. The molecule has 2 rings (SSSR count). The van der Waals surface area contributed by atoms with Crippen molar-refractivity contribution in [3.8, 4) is 23.0 Å². The van der Waals surface area contributed by atoms with Crippen molar-refractivity contribution < 1.29 is 42.1 Å². The number of halogens is 2. The highest BCUT2D eigenvalue weighted by atomic mass is 19.3. The Bertz CT molecular complexity index is 926. The van der Waals surface area contributed by atoms with Crippen molar-refractivity contribution in [1.82, 2.24) is 0 Å². The van der Waals surface area contributed by atoms with E-state index in [0.717, 1.165) is 6.08 Å². The Morgan fingerprint density at radius 1 is 0.933 bits per heavy atom. The van der Waals surface area contributed by atoms with Crippen LogP contribution in [0.2, 0.25) is 0 Å². The fraction of sp³-hybridized carbons (Fsp3) is 0.238. The summed E-state index contributed by atoms with van der Waals surface area (Å²) in [5.41, 5.74) is 0.725. The van der Waals surface area contributed by atoms with Crippen LogP contribution < -0.4 is 18.9 Å². The summed E-state index contributed by atoms with van der Waals surface area (Å²) in [6.07, 6.45) is 2.48.